The summed E-state index contributed by atoms with van der Waals surface area (Å²) in [6.45, 7) is 4.28. The van der Waals surface area contributed by atoms with Crippen LogP contribution in [0.5, 0.6) is 0 Å². The van der Waals surface area contributed by atoms with Crippen molar-refractivity contribution in [2.45, 2.75) is 44.9 Å². The quantitative estimate of drug-likeness (QED) is 0.789. The Hall–Kier alpha value is -3.28. The van der Waals surface area contributed by atoms with Gasteiger partial charge in [0.2, 0.25) is 0 Å². The number of carbonyl (C=O) groups is 2. The molecule has 6 nitrogen and oxygen atoms in total. The molecule has 2 N–H and O–H groups in total. The van der Waals surface area contributed by atoms with Crippen LogP contribution >= 0.6 is 0 Å². The number of urea groups is 2. The highest BCUT2D eigenvalue weighted by Crippen LogP contribution is 2.29. The summed E-state index contributed by atoms with van der Waals surface area (Å²) >= 11 is 0. The van der Waals surface area contributed by atoms with Gasteiger partial charge in [0.15, 0.2) is 6.29 Å². The van der Waals surface area contributed by atoms with Crippen LogP contribution in [0.3, 0.4) is 0 Å². The van der Waals surface area contributed by atoms with Gasteiger partial charge in [-0.05, 0) is 36.5 Å². The van der Waals surface area contributed by atoms with Crippen molar-refractivity contribution in [3.63, 3.8) is 0 Å². The van der Waals surface area contributed by atoms with Crippen LogP contribution in [0.15, 0.2) is 67.0 Å². The van der Waals surface area contributed by atoms with Gasteiger partial charge >= 0.3 is 12.1 Å². The number of benzene rings is 2. The fraction of sp³-hybridized carbons (Fsp3) is 0.304. The number of hydrogen-bond acceptors (Lipinski definition) is 3. The van der Waals surface area contributed by atoms with Gasteiger partial charge in [0.25, 0.3) is 0 Å². The second-order valence-electron chi connectivity index (χ2n) is 7.69. The lowest BCUT2D eigenvalue weighted by Gasteiger charge is -2.40. The van der Waals surface area contributed by atoms with Gasteiger partial charge in [-0.15, -0.1) is 0 Å². The second kappa shape index (κ2) is 7.99. The lowest BCUT2D eigenvalue weighted by molar-refractivity contribution is 0.0904. The number of nitrogens with one attached hydrogen (secondary N) is 2. The molecule has 150 valence electrons. The van der Waals surface area contributed by atoms with E-state index < -0.39 is 18.4 Å². The number of nitrogens with zero attached hydrogens (tertiary/aromatic N) is 2. The molecule has 3 atom stereocenters. The summed E-state index contributed by atoms with van der Waals surface area (Å²) in [5.41, 5.74) is 3.91. The first kappa shape index (κ1) is 19.1. The molecule has 6 heteroatoms. The van der Waals surface area contributed by atoms with E-state index in [-0.39, 0.29) is 12.0 Å². The standard InChI is InChI=1S/C23H26N4O2/c1-16(17(2)26-14-15-27-22(26)24-21(28)25-23(27)29)20-12-10-19(11-13-20)9-8-18-6-4-3-5-7-18/h3-7,10-17,22H,8-9H2,1-2H3,(H2,24,25,28,29). The highest BCUT2D eigenvalue weighted by Gasteiger charge is 2.40. The van der Waals surface area contributed by atoms with Crippen LogP contribution in [0.25, 0.3) is 0 Å². The highest BCUT2D eigenvalue weighted by molar-refractivity contribution is 5.96. The third kappa shape index (κ3) is 3.97. The van der Waals surface area contributed by atoms with Crippen LogP contribution in [0.4, 0.5) is 9.59 Å². The molecule has 1 saturated heterocycles. The lowest BCUT2D eigenvalue weighted by atomic mass is 9.92. The minimum atomic E-state index is -0.473. The molecule has 2 aromatic rings. The summed E-state index contributed by atoms with van der Waals surface area (Å²) in [6.07, 6.45) is 5.14. The van der Waals surface area contributed by atoms with Crippen LogP contribution in [0, 0.1) is 0 Å². The number of hydrogen-bond donors (Lipinski definition) is 2. The summed E-state index contributed by atoms with van der Waals surface area (Å²) in [5, 5.41) is 5.07. The molecule has 29 heavy (non-hydrogen) atoms. The SMILES string of the molecule is CC(c1ccc(CCc2ccccc2)cc1)C(C)N1C=CN2C(=O)NC(=O)NC21. The average molecular weight is 390 g/mol. The molecular formula is C23H26N4O2. The van der Waals surface area contributed by atoms with E-state index in [1.165, 1.54) is 21.6 Å². The Morgan fingerprint density at radius 2 is 1.55 bits per heavy atom. The highest BCUT2D eigenvalue weighted by atomic mass is 16.2. The van der Waals surface area contributed by atoms with E-state index in [9.17, 15) is 9.59 Å². The molecule has 2 heterocycles. The largest absolute Gasteiger partial charge is 0.336 e. The van der Waals surface area contributed by atoms with Crippen molar-refractivity contribution in [3.05, 3.63) is 83.7 Å². The molecule has 0 spiro atoms. The number of fused-ring (bicyclic) bond motifs is 1. The molecule has 0 aromatic heterocycles. The Bertz CT molecular complexity index is 910. The van der Waals surface area contributed by atoms with Crippen LogP contribution < -0.4 is 10.6 Å². The number of carbonyl (C=O) groups excluding carboxylic acids is 2. The molecule has 0 aliphatic carbocycles. The van der Waals surface area contributed by atoms with Crippen molar-refractivity contribution < 1.29 is 9.59 Å². The zero-order valence-electron chi connectivity index (χ0n) is 16.7. The zero-order valence-corrected chi connectivity index (χ0v) is 16.7. The van der Waals surface area contributed by atoms with Crippen LogP contribution in [-0.2, 0) is 12.8 Å². The summed E-state index contributed by atoms with van der Waals surface area (Å²) in [6, 6.07) is 18.5. The maximum atomic E-state index is 12.0. The average Bonchev–Trinajstić information content (AvgIpc) is 3.16. The van der Waals surface area contributed by atoms with Crippen molar-refractivity contribution in [2.24, 2.45) is 0 Å². The van der Waals surface area contributed by atoms with Gasteiger partial charge < -0.3 is 4.90 Å². The Kier molecular flexibility index (Phi) is 5.25. The second-order valence-corrected chi connectivity index (χ2v) is 7.69. The number of aryl methyl sites for hydroxylation is 2. The van der Waals surface area contributed by atoms with E-state index in [1.54, 1.807) is 6.20 Å². The predicted octanol–water partition coefficient (Wildman–Crippen LogP) is 3.77. The molecule has 0 bridgehead atoms. The monoisotopic (exact) mass is 390 g/mol. The molecule has 0 radical (unpaired) electrons. The van der Waals surface area contributed by atoms with Gasteiger partial charge in [0, 0.05) is 24.4 Å². The van der Waals surface area contributed by atoms with Crippen molar-refractivity contribution in [1.82, 2.24) is 20.4 Å². The third-order valence-electron chi connectivity index (χ3n) is 5.91. The first-order valence-electron chi connectivity index (χ1n) is 10.0. The van der Waals surface area contributed by atoms with Crippen molar-refractivity contribution in [3.8, 4) is 0 Å². The number of amides is 4. The van der Waals surface area contributed by atoms with E-state index >= 15 is 0 Å². The number of imide groups is 1. The molecule has 4 amide bonds. The first-order valence-corrected chi connectivity index (χ1v) is 10.0. The third-order valence-corrected chi connectivity index (χ3v) is 5.91. The normalized spacial score (nSPS) is 20.1. The van der Waals surface area contributed by atoms with Gasteiger partial charge in [0.05, 0.1) is 0 Å². The molecule has 2 aliphatic rings. The summed E-state index contributed by atoms with van der Waals surface area (Å²) in [4.78, 5) is 27.2. The molecule has 2 aliphatic heterocycles. The van der Waals surface area contributed by atoms with Gasteiger partial charge in [-0.3, -0.25) is 15.5 Å². The molecule has 3 unspecified atom stereocenters. The van der Waals surface area contributed by atoms with E-state index in [1.807, 2.05) is 17.2 Å². The Morgan fingerprint density at radius 1 is 0.897 bits per heavy atom. The lowest BCUT2D eigenvalue weighted by Crippen LogP contribution is -2.65. The summed E-state index contributed by atoms with van der Waals surface area (Å²) in [5.74, 6) is 0.227. The topological polar surface area (TPSA) is 64.7 Å². The van der Waals surface area contributed by atoms with E-state index in [0.29, 0.717) is 0 Å². The minimum absolute atomic E-state index is 0.0996. The minimum Gasteiger partial charge on any atom is -0.336 e. The van der Waals surface area contributed by atoms with Gasteiger partial charge in [-0.2, -0.15) is 0 Å². The fourth-order valence-corrected chi connectivity index (χ4v) is 3.91. The van der Waals surface area contributed by atoms with E-state index in [2.05, 4.69) is 73.0 Å². The smallest absolute Gasteiger partial charge is 0.332 e. The van der Waals surface area contributed by atoms with Crippen molar-refractivity contribution >= 4 is 12.1 Å². The summed E-state index contributed by atoms with van der Waals surface area (Å²) in [7, 11) is 0. The molecule has 0 saturated carbocycles. The predicted molar refractivity (Wildman–Crippen MR) is 112 cm³/mol. The van der Waals surface area contributed by atoms with Gasteiger partial charge in [-0.1, -0.05) is 61.5 Å². The number of rotatable bonds is 6. The van der Waals surface area contributed by atoms with Gasteiger partial charge in [0.1, 0.15) is 0 Å². The molecular weight excluding hydrogens is 364 g/mol. The van der Waals surface area contributed by atoms with Crippen molar-refractivity contribution in [2.75, 3.05) is 0 Å². The zero-order chi connectivity index (χ0) is 20.4. The van der Waals surface area contributed by atoms with Crippen LogP contribution in [-0.4, -0.2) is 34.2 Å². The Morgan fingerprint density at radius 3 is 2.24 bits per heavy atom. The van der Waals surface area contributed by atoms with Crippen LogP contribution in [0.1, 0.15) is 36.5 Å². The maximum Gasteiger partial charge on any atom is 0.332 e. The van der Waals surface area contributed by atoms with E-state index in [0.717, 1.165) is 12.8 Å². The molecule has 2 aromatic carbocycles. The maximum absolute atomic E-state index is 12.0. The van der Waals surface area contributed by atoms with Crippen LogP contribution in [0.2, 0.25) is 0 Å². The summed E-state index contributed by atoms with van der Waals surface area (Å²) < 4.78 is 0. The Balaban J connectivity index is 1.40. The van der Waals surface area contributed by atoms with Crippen molar-refractivity contribution in [1.29, 1.82) is 0 Å². The van der Waals surface area contributed by atoms with Gasteiger partial charge in [-0.25, -0.2) is 9.59 Å². The van der Waals surface area contributed by atoms with E-state index in [4.69, 9.17) is 0 Å². The molecule has 1 fully saturated rings. The molecule has 4 rings (SSSR count). The Labute approximate surface area is 171 Å². The fourth-order valence-electron chi connectivity index (χ4n) is 3.91. The first-order chi connectivity index (χ1) is 14.0.